The average molecular weight is 1220 g/mol. The topological polar surface area (TPSA) is 150 Å². The number of carbonyl (C=O) groups is 5. The Morgan fingerprint density at radius 2 is 0.846 bits per heavy atom. The first-order chi connectivity index (χ1) is 34.7. The van der Waals surface area contributed by atoms with E-state index in [4.69, 9.17) is 4.74 Å². The second-order valence-corrected chi connectivity index (χ2v) is 14.6. The molecule has 1 saturated carbocycles. The quantitative estimate of drug-likeness (QED) is 0.0632. The van der Waals surface area contributed by atoms with Gasteiger partial charge in [-0.15, -0.1) is 52.7 Å². The Balaban J connectivity index is -0.000000958. The molecule has 2 unspecified atom stereocenters. The number of carbonyl (C=O) groups excluding carboxylic acids is 5. The van der Waals surface area contributed by atoms with Crippen LogP contribution in [0, 0.1) is 17.8 Å². The van der Waals surface area contributed by atoms with E-state index >= 15 is 0 Å². The second kappa shape index (κ2) is 29.1. The van der Waals surface area contributed by atoms with Crippen LogP contribution in [-0.2, 0) is 42.8 Å². The lowest BCUT2D eigenvalue weighted by atomic mass is 9.73. The summed E-state index contributed by atoms with van der Waals surface area (Å²) in [6.45, 7) is -2.18. The van der Waals surface area contributed by atoms with Crippen molar-refractivity contribution in [2.24, 2.45) is 17.8 Å². The highest BCUT2D eigenvalue weighted by Crippen LogP contribution is 2.51. The fraction of sp³-hybridized carbons (Fsp3) is 0.711. The summed E-state index contributed by atoms with van der Waals surface area (Å²) in [5.74, 6) is -51.0. The highest BCUT2D eigenvalue weighted by Gasteiger charge is 2.75. The number of halogens is 28. The second-order valence-electron chi connectivity index (χ2n) is 14.6. The molecule has 2 atom stereocenters. The van der Waals surface area contributed by atoms with Gasteiger partial charge in [0.1, 0.15) is 17.6 Å². The lowest BCUT2D eigenvalue weighted by Gasteiger charge is -2.38. The summed E-state index contributed by atoms with van der Waals surface area (Å²) in [6.07, 6.45) is -29.6. The molecule has 0 aromatic heterocycles. The van der Waals surface area contributed by atoms with Crippen molar-refractivity contribution in [3.63, 3.8) is 0 Å². The molecule has 1 aliphatic rings. The van der Waals surface area contributed by atoms with Crippen molar-refractivity contribution in [3.8, 4) is 5.75 Å². The van der Waals surface area contributed by atoms with E-state index in [0.717, 1.165) is 0 Å². The van der Waals surface area contributed by atoms with E-state index in [2.05, 4.69) is 28.4 Å². The molecule has 0 heterocycles. The number of benzene rings is 1. The molecule has 1 fully saturated rings. The minimum absolute atomic E-state index is 0.238. The zero-order valence-corrected chi connectivity index (χ0v) is 39.4. The molecule has 0 aliphatic heterocycles. The zero-order valence-electron chi connectivity index (χ0n) is 39.4. The Morgan fingerprint density at radius 1 is 0.526 bits per heavy atom. The summed E-state index contributed by atoms with van der Waals surface area (Å²) >= 11 is 0. The van der Waals surface area contributed by atoms with Crippen LogP contribution in [0.2, 0.25) is 0 Å². The number of alkyl halides is 27. The zero-order chi connectivity index (χ0) is 62.9. The smallest absolute Gasteiger partial charge is 0.497 e. The lowest BCUT2D eigenvalue weighted by molar-refractivity contribution is -0.342. The van der Waals surface area contributed by atoms with Gasteiger partial charge in [-0.05, 0) is 37.0 Å². The van der Waals surface area contributed by atoms with Gasteiger partial charge in [0, 0.05) is 19.3 Å². The average Bonchev–Trinajstić information content (AvgIpc) is 3.27. The summed E-state index contributed by atoms with van der Waals surface area (Å²) < 4.78 is 366. The van der Waals surface area contributed by atoms with E-state index in [1.807, 2.05) is 0 Å². The van der Waals surface area contributed by atoms with Crippen LogP contribution < -0.4 is 4.74 Å². The SMILES string of the molecule is CC1CC(C(=O)OC(F)(F)F)C(F)(F)C(C(=O)OC(F)(F)F)C1.CCC(F)(F)C(F)(F)C(F)(F)CCOC(F)(F)F.CF.COC(=O)c1cc(OC)cc(C(=O)OC)c1.O=C(F)C(F)(F)C(F)(F)C(F)(F)CCOC(F)(F)F. The van der Waals surface area contributed by atoms with Gasteiger partial charge < -0.3 is 23.7 Å². The van der Waals surface area contributed by atoms with E-state index in [9.17, 15) is 147 Å². The number of methoxy groups -OCH3 is 3. The highest BCUT2D eigenvalue weighted by molar-refractivity contribution is 5.96. The van der Waals surface area contributed by atoms with Crippen molar-refractivity contribution >= 4 is 29.9 Å². The van der Waals surface area contributed by atoms with Crippen molar-refractivity contribution in [2.75, 3.05) is 41.7 Å². The third-order valence-electron chi connectivity index (χ3n) is 9.02. The van der Waals surface area contributed by atoms with Crippen LogP contribution in [0.4, 0.5) is 123 Å². The van der Waals surface area contributed by atoms with Gasteiger partial charge >= 0.3 is 90.9 Å². The van der Waals surface area contributed by atoms with Crippen molar-refractivity contribution in [3.05, 3.63) is 29.3 Å². The Kier molecular flexibility index (Phi) is 28.7. The summed E-state index contributed by atoms with van der Waals surface area (Å²) in [4.78, 5) is 54.6. The molecule has 0 bridgehead atoms. The van der Waals surface area contributed by atoms with Gasteiger partial charge in [-0.1, -0.05) is 13.8 Å². The number of hydrogen-bond acceptors (Lipinski definition) is 12. The van der Waals surface area contributed by atoms with E-state index in [0.29, 0.717) is 19.9 Å². The molecule has 78 heavy (non-hydrogen) atoms. The number of ether oxygens (including phenoxy) is 7. The summed E-state index contributed by atoms with van der Waals surface area (Å²) in [5, 5.41) is 0. The molecular formula is C38H38F28O12. The van der Waals surface area contributed by atoms with Crippen LogP contribution >= 0.6 is 0 Å². The molecule has 1 aromatic carbocycles. The van der Waals surface area contributed by atoms with Crippen molar-refractivity contribution in [1.29, 1.82) is 0 Å². The maximum absolute atomic E-state index is 14.0. The van der Waals surface area contributed by atoms with Gasteiger partial charge in [0.25, 0.3) is 5.92 Å². The first-order valence-electron chi connectivity index (χ1n) is 19.8. The molecule has 12 nitrogen and oxygen atoms in total. The molecular weight excluding hydrogens is 1180 g/mol. The van der Waals surface area contributed by atoms with Crippen molar-refractivity contribution < 1.29 is 180 Å². The van der Waals surface area contributed by atoms with Gasteiger partial charge in [-0.25, -0.2) is 18.4 Å². The summed E-state index contributed by atoms with van der Waals surface area (Å²) in [6, 6.07) is 0.324. The van der Waals surface area contributed by atoms with Crippen molar-refractivity contribution in [1.82, 2.24) is 0 Å². The number of esters is 4. The molecule has 1 aliphatic carbocycles. The van der Waals surface area contributed by atoms with E-state index in [1.54, 1.807) is 0 Å². The highest BCUT2D eigenvalue weighted by atomic mass is 19.4. The molecule has 458 valence electrons. The molecule has 0 saturated heterocycles. The molecule has 2 rings (SSSR count). The summed E-state index contributed by atoms with van der Waals surface area (Å²) in [7, 11) is 4.47. The van der Waals surface area contributed by atoms with Crippen LogP contribution in [0.15, 0.2) is 18.2 Å². The van der Waals surface area contributed by atoms with Gasteiger partial charge in [-0.2, -0.15) is 57.1 Å². The molecule has 0 spiro atoms. The Morgan fingerprint density at radius 3 is 1.10 bits per heavy atom. The van der Waals surface area contributed by atoms with E-state index < -0.39 is 160 Å². The third kappa shape index (κ3) is 23.9. The minimum Gasteiger partial charge on any atom is -0.497 e. The molecule has 0 amide bonds. The maximum Gasteiger partial charge on any atom is 0.575 e. The van der Waals surface area contributed by atoms with Crippen LogP contribution in [0.3, 0.4) is 0 Å². The maximum atomic E-state index is 14.0. The van der Waals surface area contributed by atoms with Gasteiger partial charge in [0.15, 0.2) is 0 Å². The largest absolute Gasteiger partial charge is 0.575 e. The molecule has 40 heteroatoms. The van der Waals surface area contributed by atoms with Gasteiger partial charge in [0.05, 0.1) is 52.8 Å². The predicted molar refractivity (Wildman–Crippen MR) is 197 cm³/mol. The standard InChI is InChI=1S/C11H10F8O4.C11H12O5.C8H9F9O.C7H4F10O2.CH3F/c1-4-2-5(7(20)22-10(14,15)16)9(12,13)6(3-4)8(21)23-11(17,18)19;1-14-9-5-7(10(12)15-2)4-8(6-9)11(13)16-3;1-2-5(9,10)7(13,14)6(11,12)3-4-18-8(15,16)17;8-3(18)5(11,12)6(13,14)4(9,10)1-2-19-7(15,16)17;1-2/h4-6H,2-3H2,1H3;4-6H,1-3H3;2-4H2,1H3;1-2H2;1H3. The monoisotopic (exact) mass is 1220 g/mol. The Bertz CT molecular complexity index is 2000. The summed E-state index contributed by atoms with van der Waals surface area (Å²) in [5.41, 5.74) is 0.476. The fourth-order valence-electron chi connectivity index (χ4n) is 5.27. The van der Waals surface area contributed by atoms with Gasteiger partial charge in [0.2, 0.25) is 0 Å². The predicted octanol–water partition coefficient (Wildman–Crippen LogP) is 12.8. The first-order valence-corrected chi connectivity index (χ1v) is 19.8. The number of rotatable bonds is 17. The van der Waals surface area contributed by atoms with E-state index in [-0.39, 0.29) is 11.1 Å². The van der Waals surface area contributed by atoms with Crippen LogP contribution in [0.1, 0.15) is 66.7 Å². The Labute approximate surface area is 417 Å². The van der Waals surface area contributed by atoms with Crippen LogP contribution in [0.5, 0.6) is 5.75 Å². The molecule has 0 radical (unpaired) electrons. The fourth-order valence-corrected chi connectivity index (χ4v) is 5.27. The Hall–Kier alpha value is -5.47. The molecule has 0 N–H and O–H groups in total. The van der Waals surface area contributed by atoms with Crippen LogP contribution in [0.25, 0.3) is 0 Å². The third-order valence-corrected chi connectivity index (χ3v) is 9.02. The van der Waals surface area contributed by atoms with Crippen LogP contribution in [-0.4, -0.2) is 139 Å². The molecule has 1 aromatic rings. The minimum atomic E-state index is -6.50. The van der Waals surface area contributed by atoms with Gasteiger partial charge in [-0.3, -0.25) is 28.2 Å². The first kappa shape index (κ1) is 76.8. The lowest BCUT2D eigenvalue weighted by Crippen LogP contribution is -2.57. The number of hydrogen-bond donors (Lipinski definition) is 0. The van der Waals surface area contributed by atoms with E-state index in [1.165, 1.54) is 46.5 Å². The normalized spacial score (nSPS) is 17.3. The van der Waals surface area contributed by atoms with Crippen molar-refractivity contribution in [2.45, 2.75) is 113 Å².